The van der Waals surface area contributed by atoms with Gasteiger partial charge < -0.3 is 9.30 Å². The van der Waals surface area contributed by atoms with Gasteiger partial charge in [-0.25, -0.2) is 8.42 Å². The molecule has 9 heteroatoms. The molecule has 152 valence electrons. The van der Waals surface area contributed by atoms with Gasteiger partial charge in [0.05, 0.1) is 34.4 Å². The third-order valence-corrected chi connectivity index (χ3v) is 7.15. The summed E-state index contributed by atoms with van der Waals surface area (Å²) in [5.74, 6) is -0.802. The highest BCUT2D eigenvalue weighted by Gasteiger charge is 2.13. The van der Waals surface area contributed by atoms with E-state index in [1.165, 1.54) is 30.6 Å². The average Bonchev–Trinajstić information content (AvgIpc) is 3.05. The second-order valence-corrected chi connectivity index (χ2v) is 9.53. The maximum absolute atomic E-state index is 12.5. The molecular weight excluding hydrogens is 412 g/mol. The SMILES string of the molecule is CCS(=O)(=O)c1ccc(CC(=O)N=c2sc3ccccc3n2CC(=O)OC)cc1. The van der Waals surface area contributed by atoms with Crippen molar-refractivity contribution in [2.75, 3.05) is 12.9 Å². The van der Waals surface area contributed by atoms with Crippen molar-refractivity contribution >= 4 is 43.3 Å². The van der Waals surface area contributed by atoms with Crippen LogP contribution < -0.4 is 4.80 Å². The fourth-order valence-electron chi connectivity index (χ4n) is 2.75. The van der Waals surface area contributed by atoms with Gasteiger partial charge in [0.15, 0.2) is 14.6 Å². The lowest BCUT2D eigenvalue weighted by Crippen LogP contribution is -2.22. The molecular formula is C20H20N2O5S2. The van der Waals surface area contributed by atoms with Gasteiger partial charge in [-0.2, -0.15) is 4.99 Å². The Morgan fingerprint density at radius 3 is 2.45 bits per heavy atom. The van der Waals surface area contributed by atoms with Crippen molar-refractivity contribution in [3.63, 3.8) is 0 Å². The first kappa shape index (κ1) is 20.9. The van der Waals surface area contributed by atoms with Crippen LogP contribution in [0.3, 0.4) is 0 Å². The number of ether oxygens (including phenoxy) is 1. The number of amides is 1. The Morgan fingerprint density at radius 1 is 1.10 bits per heavy atom. The predicted molar refractivity (Wildman–Crippen MR) is 110 cm³/mol. The molecule has 0 unspecified atom stereocenters. The van der Waals surface area contributed by atoms with Crippen molar-refractivity contribution in [3.8, 4) is 0 Å². The number of thiazole rings is 1. The van der Waals surface area contributed by atoms with Crippen LogP contribution in [-0.4, -0.2) is 37.7 Å². The van der Waals surface area contributed by atoms with E-state index in [0.717, 1.165) is 10.2 Å². The van der Waals surface area contributed by atoms with Crippen LogP contribution in [0.1, 0.15) is 12.5 Å². The van der Waals surface area contributed by atoms with Gasteiger partial charge in [0.2, 0.25) is 0 Å². The maximum atomic E-state index is 12.5. The van der Waals surface area contributed by atoms with Crippen LogP contribution in [0.15, 0.2) is 58.4 Å². The average molecular weight is 433 g/mol. The van der Waals surface area contributed by atoms with Gasteiger partial charge in [-0.15, -0.1) is 0 Å². The molecule has 0 N–H and O–H groups in total. The van der Waals surface area contributed by atoms with Crippen LogP contribution in [0, 0.1) is 0 Å². The van der Waals surface area contributed by atoms with Gasteiger partial charge in [0.1, 0.15) is 6.54 Å². The number of carbonyl (C=O) groups excluding carboxylic acids is 2. The fraction of sp³-hybridized carbons (Fsp3) is 0.250. The molecule has 0 atom stereocenters. The van der Waals surface area contributed by atoms with E-state index in [1.54, 1.807) is 23.6 Å². The summed E-state index contributed by atoms with van der Waals surface area (Å²) in [6.07, 6.45) is 0.0267. The Kier molecular flexibility index (Phi) is 6.29. The number of methoxy groups -OCH3 is 1. The number of carbonyl (C=O) groups is 2. The third-order valence-electron chi connectivity index (χ3n) is 4.34. The summed E-state index contributed by atoms with van der Waals surface area (Å²) in [6.45, 7) is 1.54. The molecule has 0 aliphatic rings. The monoisotopic (exact) mass is 432 g/mol. The molecule has 1 aromatic heterocycles. The van der Waals surface area contributed by atoms with E-state index in [-0.39, 0.29) is 29.5 Å². The topological polar surface area (TPSA) is 94.8 Å². The van der Waals surface area contributed by atoms with Gasteiger partial charge in [-0.05, 0) is 29.8 Å². The quantitative estimate of drug-likeness (QED) is 0.557. The molecule has 0 saturated carbocycles. The molecule has 3 rings (SSSR count). The number of para-hydroxylation sites is 1. The molecule has 7 nitrogen and oxygen atoms in total. The highest BCUT2D eigenvalue weighted by Crippen LogP contribution is 2.17. The van der Waals surface area contributed by atoms with Crippen LogP contribution in [0.2, 0.25) is 0 Å². The van der Waals surface area contributed by atoms with Crippen LogP contribution in [-0.2, 0) is 37.1 Å². The van der Waals surface area contributed by atoms with Crippen LogP contribution >= 0.6 is 11.3 Å². The number of nitrogens with zero attached hydrogens (tertiary/aromatic N) is 2. The number of fused-ring (bicyclic) bond motifs is 1. The van der Waals surface area contributed by atoms with Crippen molar-refractivity contribution in [1.82, 2.24) is 4.57 Å². The van der Waals surface area contributed by atoms with Crippen molar-refractivity contribution in [1.29, 1.82) is 0 Å². The first-order valence-corrected chi connectivity index (χ1v) is 11.4. The Labute approximate surface area is 172 Å². The first-order valence-electron chi connectivity index (χ1n) is 8.88. The number of esters is 1. The number of hydrogen-bond acceptors (Lipinski definition) is 6. The lowest BCUT2D eigenvalue weighted by atomic mass is 10.1. The zero-order valence-corrected chi connectivity index (χ0v) is 17.6. The molecule has 0 bridgehead atoms. The standard InChI is InChI=1S/C20H20N2O5S2/c1-3-29(25,26)15-10-8-14(9-11-15)12-18(23)21-20-22(13-19(24)27-2)16-6-4-5-7-17(16)28-20/h4-11H,3,12-13H2,1-2H3. The van der Waals surface area contributed by atoms with E-state index in [4.69, 9.17) is 4.74 Å². The fourth-order valence-corrected chi connectivity index (χ4v) is 4.69. The van der Waals surface area contributed by atoms with Gasteiger partial charge in [0.25, 0.3) is 5.91 Å². The highest BCUT2D eigenvalue weighted by atomic mass is 32.2. The zero-order valence-electron chi connectivity index (χ0n) is 16.0. The molecule has 0 spiro atoms. The van der Waals surface area contributed by atoms with E-state index in [9.17, 15) is 18.0 Å². The maximum Gasteiger partial charge on any atom is 0.325 e. The second kappa shape index (κ2) is 8.71. The van der Waals surface area contributed by atoms with E-state index in [1.807, 2.05) is 24.3 Å². The Balaban J connectivity index is 1.90. The van der Waals surface area contributed by atoms with Gasteiger partial charge in [0, 0.05) is 0 Å². The molecule has 3 aromatic rings. The smallest absolute Gasteiger partial charge is 0.325 e. The van der Waals surface area contributed by atoms with E-state index in [0.29, 0.717) is 10.4 Å². The Hall–Kier alpha value is -2.78. The van der Waals surface area contributed by atoms with E-state index >= 15 is 0 Å². The minimum Gasteiger partial charge on any atom is -0.468 e. The Bertz CT molecular complexity index is 1220. The number of benzene rings is 2. The minimum absolute atomic E-state index is 0.0206. The summed E-state index contributed by atoms with van der Waals surface area (Å²) < 4.78 is 31.1. The van der Waals surface area contributed by atoms with Crippen molar-refractivity contribution in [2.45, 2.75) is 24.8 Å². The zero-order chi connectivity index (χ0) is 21.0. The summed E-state index contributed by atoms with van der Waals surface area (Å²) >= 11 is 1.31. The molecule has 2 aromatic carbocycles. The normalized spacial score (nSPS) is 12.3. The van der Waals surface area contributed by atoms with Crippen molar-refractivity contribution < 1.29 is 22.7 Å². The van der Waals surface area contributed by atoms with Gasteiger partial charge in [-0.1, -0.05) is 42.5 Å². The molecule has 0 radical (unpaired) electrons. The summed E-state index contributed by atoms with van der Waals surface area (Å²) in [7, 11) is -1.97. The molecule has 29 heavy (non-hydrogen) atoms. The Morgan fingerprint density at radius 2 is 1.79 bits per heavy atom. The highest BCUT2D eigenvalue weighted by molar-refractivity contribution is 7.91. The second-order valence-electron chi connectivity index (χ2n) is 6.24. The van der Waals surface area contributed by atoms with Gasteiger partial charge >= 0.3 is 5.97 Å². The van der Waals surface area contributed by atoms with Crippen LogP contribution in [0.4, 0.5) is 0 Å². The molecule has 0 saturated heterocycles. The number of aromatic nitrogens is 1. The lowest BCUT2D eigenvalue weighted by molar-refractivity contribution is -0.141. The van der Waals surface area contributed by atoms with E-state index in [2.05, 4.69) is 4.99 Å². The molecule has 0 aliphatic carbocycles. The minimum atomic E-state index is -3.28. The predicted octanol–water partition coefficient (Wildman–Crippen LogP) is 2.34. The van der Waals surface area contributed by atoms with Gasteiger partial charge in [-0.3, -0.25) is 9.59 Å². The molecule has 1 amide bonds. The largest absolute Gasteiger partial charge is 0.468 e. The van der Waals surface area contributed by atoms with Crippen LogP contribution in [0.5, 0.6) is 0 Å². The van der Waals surface area contributed by atoms with Crippen LogP contribution in [0.25, 0.3) is 10.2 Å². The lowest BCUT2D eigenvalue weighted by Gasteiger charge is -2.04. The third kappa shape index (κ3) is 4.80. The summed E-state index contributed by atoms with van der Waals surface area (Å²) in [6, 6.07) is 13.7. The van der Waals surface area contributed by atoms with Crippen molar-refractivity contribution in [3.05, 3.63) is 58.9 Å². The summed E-state index contributed by atoms with van der Waals surface area (Å²) in [5.41, 5.74) is 1.46. The first-order chi connectivity index (χ1) is 13.8. The number of hydrogen-bond donors (Lipinski definition) is 0. The summed E-state index contributed by atoms with van der Waals surface area (Å²) in [5, 5.41) is 0. The summed E-state index contributed by atoms with van der Waals surface area (Å²) in [4.78, 5) is 29.1. The number of rotatable bonds is 6. The van der Waals surface area contributed by atoms with E-state index < -0.39 is 15.8 Å². The molecule has 1 heterocycles. The molecule has 0 aliphatic heterocycles. The van der Waals surface area contributed by atoms with Crippen molar-refractivity contribution in [2.24, 2.45) is 4.99 Å². The molecule has 0 fully saturated rings. The number of sulfone groups is 1.